The minimum absolute atomic E-state index is 0.0346. The fourth-order valence-corrected chi connectivity index (χ4v) is 4.85. The molecule has 0 aliphatic carbocycles. The van der Waals surface area contributed by atoms with Crippen molar-refractivity contribution in [2.75, 3.05) is 25.0 Å². The van der Waals surface area contributed by atoms with Crippen LogP contribution in [-0.4, -0.2) is 36.3 Å². The number of anilines is 1. The third-order valence-electron chi connectivity index (χ3n) is 5.75. The molecule has 7 nitrogen and oxygen atoms in total. The summed E-state index contributed by atoms with van der Waals surface area (Å²) in [5, 5.41) is 8.68. The van der Waals surface area contributed by atoms with Gasteiger partial charge in [0.2, 0.25) is 11.8 Å². The Bertz CT molecular complexity index is 1150. The highest BCUT2D eigenvalue weighted by molar-refractivity contribution is 7.09. The third-order valence-corrected chi connectivity index (χ3v) is 6.69. The minimum atomic E-state index is -0.410. The Labute approximate surface area is 190 Å². The molecular formula is C24H27N3O4S. The Morgan fingerprint density at radius 3 is 2.72 bits per heavy atom. The minimum Gasteiger partial charge on any atom is -0.423 e. The lowest BCUT2D eigenvalue weighted by Crippen LogP contribution is -2.40. The smallest absolute Gasteiger partial charge is 0.336 e. The number of hydrogen-bond acceptors (Lipinski definition) is 6. The maximum atomic E-state index is 12.5. The number of rotatable bonds is 7. The number of benzene rings is 1. The molecule has 0 radical (unpaired) electrons. The molecule has 2 amide bonds. The van der Waals surface area contributed by atoms with E-state index in [1.165, 1.54) is 17.9 Å². The summed E-state index contributed by atoms with van der Waals surface area (Å²) in [6.45, 7) is 4.33. The van der Waals surface area contributed by atoms with Gasteiger partial charge in [0.15, 0.2) is 0 Å². The number of amides is 2. The molecule has 4 rings (SSSR count). The molecule has 1 aromatic carbocycles. The molecule has 0 spiro atoms. The van der Waals surface area contributed by atoms with Crippen LogP contribution in [0, 0.1) is 5.92 Å². The molecule has 1 saturated heterocycles. The Balaban J connectivity index is 1.34. The Morgan fingerprint density at radius 1 is 1.19 bits per heavy atom. The van der Waals surface area contributed by atoms with Gasteiger partial charge < -0.3 is 15.1 Å². The van der Waals surface area contributed by atoms with Crippen molar-refractivity contribution in [2.45, 2.75) is 32.7 Å². The molecular weight excluding hydrogens is 426 g/mol. The zero-order valence-corrected chi connectivity index (χ0v) is 18.9. The summed E-state index contributed by atoms with van der Waals surface area (Å²) in [5.41, 5.74) is 1.53. The van der Waals surface area contributed by atoms with Crippen LogP contribution in [0.3, 0.4) is 0 Å². The maximum absolute atomic E-state index is 12.5. The summed E-state index contributed by atoms with van der Waals surface area (Å²) in [4.78, 5) is 39.4. The van der Waals surface area contributed by atoms with Crippen LogP contribution in [0.4, 0.5) is 5.69 Å². The van der Waals surface area contributed by atoms with Gasteiger partial charge in [0, 0.05) is 54.0 Å². The number of fused-ring (bicyclic) bond motifs is 1. The van der Waals surface area contributed by atoms with Crippen LogP contribution in [-0.2, 0) is 22.6 Å². The number of thiophene rings is 1. The number of carbonyl (C=O) groups excluding carboxylic acids is 2. The van der Waals surface area contributed by atoms with E-state index in [1.54, 1.807) is 23.5 Å². The SMILES string of the molecule is CC(=O)Nc1ccc2c(CN3CCC(C(=O)NCCc4cccs4)CC3)cc(=O)oc2c1. The maximum Gasteiger partial charge on any atom is 0.336 e. The van der Waals surface area contributed by atoms with Gasteiger partial charge in [-0.2, -0.15) is 0 Å². The second kappa shape index (κ2) is 10.1. The van der Waals surface area contributed by atoms with Gasteiger partial charge in [-0.05, 0) is 61.5 Å². The van der Waals surface area contributed by atoms with Crippen LogP contribution >= 0.6 is 11.3 Å². The number of hydrogen-bond donors (Lipinski definition) is 2. The van der Waals surface area contributed by atoms with Gasteiger partial charge in [0.25, 0.3) is 0 Å². The second-order valence-electron chi connectivity index (χ2n) is 8.15. The summed E-state index contributed by atoms with van der Waals surface area (Å²) >= 11 is 1.71. The number of nitrogens with one attached hydrogen (secondary N) is 2. The zero-order valence-electron chi connectivity index (χ0n) is 18.1. The number of likely N-dealkylation sites (tertiary alicyclic amines) is 1. The van der Waals surface area contributed by atoms with Crippen molar-refractivity contribution in [1.29, 1.82) is 0 Å². The predicted octanol–water partition coefficient (Wildman–Crippen LogP) is 3.38. The van der Waals surface area contributed by atoms with E-state index in [-0.39, 0.29) is 17.7 Å². The third kappa shape index (κ3) is 5.63. The van der Waals surface area contributed by atoms with Gasteiger partial charge in [0.05, 0.1) is 0 Å². The molecule has 1 fully saturated rings. The lowest BCUT2D eigenvalue weighted by Gasteiger charge is -2.31. The molecule has 0 atom stereocenters. The van der Waals surface area contributed by atoms with E-state index in [1.807, 2.05) is 12.1 Å². The van der Waals surface area contributed by atoms with E-state index in [4.69, 9.17) is 4.42 Å². The number of carbonyl (C=O) groups is 2. The van der Waals surface area contributed by atoms with E-state index in [0.717, 1.165) is 43.3 Å². The van der Waals surface area contributed by atoms with E-state index < -0.39 is 5.63 Å². The Hall–Kier alpha value is -2.97. The Kier molecular flexibility index (Phi) is 7.02. The summed E-state index contributed by atoms with van der Waals surface area (Å²) in [6.07, 6.45) is 2.48. The average molecular weight is 454 g/mol. The predicted molar refractivity (Wildman–Crippen MR) is 126 cm³/mol. The molecule has 1 aliphatic rings. The lowest BCUT2D eigenvalue weighted by molar-refractivity contribution is -0.126. The largest absolute Gasteiger partial charge is 0.423 e. The molecule has 0 unspecified atom stereocenters. The molecule has 3 aromatic rings. The first-order chi connectivity index (χ1) is 15.5. The summed E-state index contributed by atoms with van der Waals surface area (Å²) in [7, 11) is 0. The topological polar surface area (TPSA) is 91.7 Å². The van der Waals surface area contributed by atoms with Crippen molar-refractivity contribution in [3.05, 3.63) is 62.6 Å². The first-order valence-electron chi connectivity index (χ1n) is 10.8. The number of piperidine rings is 1. The van der Waals surface area contributed by atoms with Gasteiger partial charge in [0.1, 0.15) is 5.58 Å². The van der Waals surface area contributed by atoms with Crippen molar-refractivity contribution >= 4 is 39.8 Å². The molecule has 2 N–H and O–H groups in total. The van der Waals surface area contributed by atoms with Gasteiger partial charge in [-0.15, -0.1) is 11.3 Å². The Morgan fingerprint density at radius 2 is 2.00 bits per heavy atom. The number of nitrogens with zero attached hydrogens (tertiary/aromatic N) is 1. The molecule has 8 heteroatoms. The molecule has 0 bridgehead atoms. The zero-order chi connectivity index (χ0) is 22.5. The van der Waals surface area contributed by atoms with Crippen LogP contribution in [0.2, 0.25) is 0 Å². The van der Waals surface area contributed by atoms with Gasteiger partial charge in [-0.25, -0.2) is 4.79 Å². The fraction of sp³-hybridized carbons (Fsp3) is 0.375. The highest BCUT2D eigenvalue weighted by atomic mass is 32.1. The quantitative estimate of drug-likeness (QED) is 0.535. The van der Waals surface area contributed by atoms with E-state index in [0.29, 0.717) is 24.4 Å². The standard InChI is InChI=1S/C24H27N3O4S/c1-16(28)26-19-4-5-21-18(13-23(29)31-22(21)14-19)15-27-10-7-17(8-11-27)24(30)25-9-6-20-3-2-12-32-20/h2-5,12-14,17H,6-11,15H2,1H3,(H,25,30)(H,26,28). The molecule has 0 saturated carbocycles. The van der Waals surface area contributed by atoms with Gasteiger partial charge in [-0.3, -0.25) is 14.5 Å². The molecule has 168 valence electrons. The highest BCUT2D eigenvalue weighted by Crippen LogP contribution is 2.25. The van der Waals surface area contributed by atoms with Gasteiger partial charge >= 0.3 is 5.63 Å². The first-order valence-corrected chi connectivity index (χ1v) is 11.7. The molecule has 32 heavy (non-hydrogen) atoms. The first kappa shape index (κ1) is 22.2. The average Bonchev–Trinajstić information content (AvgIpc) is 3.27. The van der Waals surface area contributed by atoms with E-state index >= 15 is 0 Å². The molecule has 3 heterocycles. The van der Waals surface area contributed by atoms with Crippen LogP contribution < -0.4 is 16.3 Å². The van der Waals surface area contributed by atoms with Crippen molar-refractivity contribution in [3.8, 4) is 0 Å². The van der Waals surface area contributed by atoms with Crippen LogP contribution in [0.5, 0.6) is 0 Å². The van der Waals surface area contributed by atoms with Crippen molar-refractivity contribution in [2.24, 2.45) is 5.92 Å². The lowest BCUT2D eigenvalue weighted by atomic mass is 9.95. The summed E-state index contributed by atoms with van der Waals surface area (Å²) in [6, 6.07) is 11.0. The van der Waals surface area contributed by atoms with Crippen molar-refractivity contribution in [1.82, 2.24) is 10.2 Å². The van der Waals surface area contributed by atoms with Crippen LogP contribution in [0.1, 0.15) is 30.2 Å². The second-order valence-corrected chi connectivity index (χ2v) is 9.19. The van der Waals surface area contributed by atoms with Crippen LogP contribution in [0.15, 0.2) is 51.0 Å². The highest BCUT2D eigenvalue weighted by Gasteiger charge is 2.25. The van der Waals surface area contributed by atoms with Crippen molar-refractivity contribution in [3.63, 3.8) is 0 Å². The fourth-order valence-electron chi connectivity index (χ4n) is 4.14. The molecule has 1 aliphatic heterocycles. The molecule has 2 aromatic heterocycles. The monoisotopic (exact) mass is 453 g/mol. The van der Waals surface area contributed by atoms with Crippen molar-refractivity contribution < 1.29 is 14.0 Å². The van der Waals surface area contributed by atoms with E-state index in [9.17, 15) is 14.4 Å². The van der Waals surface area contributed by atoms with Crippen LogP contribution in [0.25, 0.3) is 11.0 Å². The normalized spacial score (nSPS) is 15.0. The summed E-state index contributed by atoms with van der Waals surface area (Å²) < 4.78 is 5.35. The van der Waals surface area contributed by atoms with E-state index in [2.05, 4.69) is 27.0 Å². The van der Waals surface area contributed by atoms with Gasteiger partial charge in [-0.1, -0.05) is 6.07 Å². The summed E-state index contributed by atoms with van der Waals surface area (Å²) in [5.74, 6) is -0.00817.